The average Bonchev–Trinajstić information content (AvgIpc) is 2.78. The van der Waals surface area contributed by atoms with E-state index in [2.05, 4.69) is 29.6 Å². The van der Waals surface area contributed by atoms with Crippen molar-refractivity contribution < 1.29 is 9.53 Å². The topological polar surface area (TPSA) is 41.6 Å². The van der Waals surface area contributed by atoms with Gasteiger partial charge in [-0.2, -0.15) is 0 Å². The molecular weight excluding hydrogens is 360 g/mol. The van der Waals surface area contributed by atoms with Crippen LogP contribution in [0.15, 0.2) is 91.0 Å². The zero-order valence-electron chi connectivity index (χ0n) is 15.6. The molecule has 0 unspecified atom stereocenters. The molecule has 1 N–H and O–H groups in total. The van der Waals surface area contributed by atoms with Crippen LogP contribution < -0.4 is 10.1 Å². The van der Waals surface area contributed by atoms with Crippen LogP contribution in [0.2, 0.25) is 0 Å². The Morgan fingerprint density at radius 1 is 0.793 bits per heavy atom. The van der Waals surface area contributed by atoms with Crippen LogP contribution in [0.4, 0.5) is 10.5 Å². The second kappa shape index (κ2) is 6.11. The molecule has 2 atom stereocenters. The highest BCUT2D eigenvalue weighted by Crippen LogP contribution is 2.50. The number of carbonyl (C=O) groups is 1. The van der Waals surface area contributed by atoms with Crippen LogP contribution in [-0.4, -0.2) is 11.0 Å². The van der Waals surface area contributed by atoms with E-state index in [1.807, 2.05) is 71.6 Å². The Hall–Kier alpha value is -3.79. The molecule has 4 heteroatoms. The Labute approximate surface area is 168 Å². The third-order valence-electron chi connectivity index (χ3n) is 5.83. The molecule has 0 aliphatic carbocycles. The number of hydrogen-bond acceptors (Lipinski definition) is 3. The smallest absolute Gasteiger partial charge is 0.410 e. The molecule has 29 heavy (non-hydrogen) atoms. The number of hydrogen-bond donors (Lipinski definition) is 1. The van der Waals surface area contributed by atoms with Gasteiger partial charge in [-0.05, 0) is 28.5 Å². The van der Waals surface area contributed by atoms with E-state index in [1.54, 1.807) is 0 Å². The molecule has 0 bridgehead atoms. The van der Waals surface area contributed by atoms with E-state index >= 15 is 0 Å². The van der Waals surface area contributed by atoms with E-state index in [1.165, 1.54) is 0 Å². The van der Waals surface area contributed by atoms with Crippen LogP contribution in [0.5, 0.6) is 5.75 Å². The lowest BCUT2D eigenvalue weighted by Gasteiger charge is -2.46. The van der Waals surface area contributed by atoms with Crippen LogP contribution in [0, 0.1) is 0 Å². The Kier molecular flexibility index (Phi) is 3.41. The monoisotopic (exact) mass is 378 g/mol. The number of nitrogens with zero attached hydrogens (tertiary/aromatic N) is 1. The summed E-state index contributed by atoms with van der Waals surface area (Å²) >= 11 is 0. The summed E-state index contributed by atoms with van der Waals surface area (Å²) in [5.74, 6) is 0.637. The molecule has 0 radical (unpaired) electrons. The minimum atomic E-state index is -0.339. The SMILES string of the molecule is O=C1Oc2ccc3ccccc3c2[C@@H]2c3ccccc3N[C@@H](c3ccccc3)N12. The fourth-order valence-electron chi connectivity index (χ4n) is 4.56. The van der Waals surface area contributed by atoms with Gasteiger partial charge in [-0.25, -0.2) is 4.79 Å². The molecule has 140 valence electrons. The lowest BCUT2D eigenvalue weighted by atomic mass is 9.87. The van der Waals surface area contributed by atoms with Gasteiger partial charge < -0.3 is 10.1 Å². The number of amides is 1. The van der Waals surface area contributed by atoms with Crippen LogP contribution in [0.3, 0.4) is 0 Å². The first-order valence-electron chi connectivity index (χ1n) is 9.73. The molecule has 0 fully saturated rings. The predicted molar refractivity (Wildman–Crippen MR) is 113 cm³/mol. The molecule has 6 rings (SSSR count). The van der Waals surface area contributed by atoms with Gasteiger partial charge in [0.2, 0.25) is 0 Å². The van der Waals surface area contributed by atoms with Crippen LogP contribution in [0.25, 0.3) is 10.8 Å². The van der Waals surface area contributed by atoms with Gasteiger partial charge >= 0.3 is 6.09 Å². The van der Waals surface area contributed by atoms with Crippen molar-refractivity contribution in [3.63, 3.8) is 0 Å². The number of ether oxygens (including phenoxy) is 1. The second-order valence-corrected chi connectivity index (χ2v) is 7.42. The number of rotatable bonds is 1. The first-order chi connectivity index (χ1) is 14.3. The number of fused-ring (bicyclic) bond motifs is 7. The van der Waals surface area contributed by atoms with Crippen molar-refractivity contribution in [2.75, 3.05) is 5.32 Å². The normalized spacial score (nSPS) is 19.6. The van der Waals surface area contributed by atoms with Crippen molar-refractivity contribution in [3.8, 4) is 5.75 Å². The Bertz CT molecular complexity index is 1250. The molecule has 4 nitrogen and oxygen atoms in total. The van der Waals surface area contributed by atoms with E-state index in [9.17, 15) is 4.79 Å². The Morgan fingerprint density at radius 3 is 2.45 bits per heavy atom. The van der Waals surface area contributed by atoms with Crippen LogP contribution >= 0.6 is 0 Å². The van der Waals surface area contributed by atoms with Crippen molar-refractivity contribution in [2.24, 2.45) is 0 Å². The molecule has 4 aromatic carbocycles. The van der Waals surface area contributed by atoms with Gasteiger partial charge in [-0.3, -0.25) is 4.90 Å². The summed E-state index contributed by atoms with van der Waals surface area (Å²) in [7, 11) is 0. The van der Waals surface area contributed by atoms with E-state index in [-0.39, 0.29) is 18.3 Å². The summed E-state index contributed by atoms with van der Waals surface area (Å²) < 4.78 is 5.82. The maximum Gasteiger partial charge on any atom is 0.417 e. The molecule has 4 aromatic rings. The van der Waals surface area contributed by atoms with Gasteiger partial charge in [-0.1, -0.05) is 78.9 Å². The van der Waals surface area contributed by atoms with Crippen molar-refractivity contribution in [3.05, 3.63) is 108 Å². The molecule has 1 amide bonds. The van der Waals surface area contributed by atoms with Gasteiger partial charge in [0.05, 0.1) is 6.04 Å². The third kappa shape index (κ3) is 2.36. The zero-order chi connectivity index (χ0) is 19.4. The highest BCUT2D eigenvalue weighted by Gasteiger charge is 2.45. The summed E-state index contributed by atoms with van der Waals surface area (Å²) in [4.78, 5) is 15.0. The maximum atomic E-state index is 13.2. The molecule has 2 aliphatic heterocycles. The number of benzene rings is 4. The maximum absolute atomic E-state index is 13.2. The predicted octanol–water partition coefficient (Wildman–Crippen LogP) is 5.87. The van der Waals surface area contributed by atoms with Gasteiger partial charge in [0.15, 0.2) is 0 Å². The summed E-state index contributed by atoms with van der Waals surface area (Å²) in [6.45, 7) is 0. The van der Waals surface area contributed by atoms with Gasteiger partial charge in [0.25, 0.3) is 0 Å². The zero-order valence-corrected chi connectivity index (χ0v) is 15.6. The van der Waals surface area contributed by atoms with Gasteiger partial charge in [0, 0.05) is 16.8 Å². The van der Waals surface area contributed by atoms with Crippen molar-refractivity contribution in [1.82, 2.24) is 4.90 Å². The average molecular weight is 378 g/mol. The molecule has 0 aromatic heterocycles. The van der Waals surface area contributed by atoms with E-state index in [4.69, 9.17) is 4.74 Å². The lowest BCUT2D eigenvalue weighted by molar-refractivity contribution is 0.104. The Balaban J connectivity index is 1.66. The van der Waals surface area contributed by atoms with Gasteiger partial charge in [-0.15, -0.1) is 0 Å². The number of anilines is 1. The molecule has 2 aliphatic rings. The molecule has 2 heterocycles. The quantitative estimate of drug-likeness (QED) is 0.450. The van der Waals surface area contributed by atoms with Crippen molar-refractivity contribution in [1.29, 1.82) is 0 Å². The first kappa shape index (κ1) is 16.2. The van der Waals surface area contributed by atoms with E-state index in [0.717, 1.165) is 33.2 Å². The summed E-state index contributed by atoms with van der Waals surface area (Å²) in [5.41, 5.74) is 4.18. The highest BCUT2D eigenvalue weighted by atomic mass is 16.6. The number of carbonyl (C=O) groups excluding carboxylic acids is 1. The summed E-state index contributed by atoms with van der Waals surface area (Å²) in [6.07, 6.45) is -0.649. The lowest BCUT2D eigenvalue weighted by Crippen LogP contribution is -2.48. The molecule has 0 saturated carbocycles. The summed E-state index contributed by atoms with van der Waals surface area (Å²) in [5, 5.41) is 5.79. The van der Waals surface area contributed by atoms with Crippen LogP contribution in [-0.2, 0) is 0 Å². The number of nitrogens with one attached hydrogen (secondary N) is 1. The highest BCUT2D eigenvalue weighted by molar-refractivity contribution is 5.92. The molecular formula is C25H18N2O2. The standard InChI is InChI=1S/C25H18N2O2/c28-25-27-23(22-18-11-5-4-8-16(18)14-15-21(22)29-25)19-12-6-7-13-20(19)26-24(27)17-9-2-1-3-10-17/h1-15,23-24,26H/t23-,24+/m0/s1. The van der Waals surface area contributed by atoms with Crippen molar-refractivity contribution in [2.45, 2.75) is 12.2 Å². The number of para-hydroxylation sites is 1. The third-order valence-corrected chi connectivity index (χ3v) is 5.83. The van der Waals surface area contributed by atoms with Crippen LogP contribution in [0.1, 0.15) is 28.9 Å². The Morgan fingerprint density at radius 2 is 1.55 bits per heavy atom. The second-order valence-electron chi connectivity index (χ2n) is 7.42. The fourth-order valence-corrected chi connectivity index (χ4v) is 4.56. The van der Waals surface area contributed by atoms with Gasteiger partial charge in [0.1, 0.15) is 11.9 Å². The molecule has 0 saturated heterocycles. The molecule has 0 spiro atoms. The first-order valence-corrected chi connectivity index (χ1v) is 9.73. The fraction of sp³-hybridized carbons (Fsp3) is 0.0800. The van der Waals surface area contributed by atoms with Crippen molar-refractivity contribution >= 4 is 22.6 Å². The minimum Gasteiger partial charge on any atom is -0.410 e. The minimum absolute atomic E-state index is 0.222. The largest absolute Gasteiger partial charge is 0.417 e. The summed E-state index contributed by atoms with van der Waals surface area (Å²) in [6, 6.07) is 30.2. The van der Waals surface area contributed by atoms with E-state index in [0.29, 0.717) is 5.75 Å². The van der Waals surface area contributed by atoms with E-state index < -0.39 is 0 Å².